The Bertz CT molecular complexity index is 468. The fourth-order valence-electron chi connectivity index (χ4n) is 2.83. The maximum atomic E-state index is 6.19. The molecule has 0 aromatic heterocycles. The van der Waals surface area contributed by atoms with Crippen LogP contribution >= 0.6 is 0 Å². The van der Waals surface area contributed by atoms with Gasteiger partial charge < -0.3 is 14.8 Å². The van der Waals surface area contributed by atoms with E-state index in [1.165, 1.54) is 11.1 Å². The van der Waals surface area contributed by atoms with Crippen LogP contribution in [-0.4, -0.2) is 19.3 Å². The third-order valence-corrected chi connectivity index (χ3v) is 3.86. The van der Waals surface area contributed by atoms with Gasteiger partial charge in [-0.25, -0.2) is 0 Å². The zero-order valence-electron chi connectivity index (χ0n) is 13.4. The minimum Gasteiger partial charge on any atom is -0.493 e. The molecule has 0 saturated heterocycles. The van der Waals surface area contributed by atoms with E-state index in [1.54, 1.807) is 7.11 Å². The highest BCUT2D eigenvalue weighted by molar-refractivity contribution is 5.52. The number of fused-ring (bicyclic) bond motifs is 1. The summed E-state index contributed by atoms with van der Waals surface area (Å²) in [6.45, 7) is 9.68. The SMILES string of the molecule is CCCNC1CC(C)(C)Oc2c(OC)cc(CC)cc21. The van der Waals surface area contributed by atoms with E-state index in [0.29, 0.717) is 6.04 Å². The van der Waals surface area contributed by atoms with Gasteiger partial charge >= 0.3 is 0 Å². The van der Waals surface area contributed by atoms with Crippen molar-refractivity contribution in [2.75, 3.05) is 13.7 Å². The number of hydrogen-bond donors (Lipinski definition) is 1. The van der Waals surface area contributed by atoms with Crippen LogP contribution in [0.15, 0.2) is 12.1 Å². The molecular formula is C17H27NO2. The smallest absolute Gasteiger partial charge is 0.166 e. The maximum absolute atomic E-state index is 6.19. The lowest BCUT2D eigenvalue weighted by Gasteiger charge is -2.39. The third kappa shape index (κ3) is 3.09. The first-order valence-electron chi connectivity index (χ1n) is 7.64. The van der Waals surface area contributed by atoms with Crippen molar-refractivity contribution in [2.24, 2.45) is 0 Å². The lowest BCUT2D eigenvalue weighted by Crippen LogP contribution is -2.40. The second kappa shape index (κ2) is 6.04. The topological polar surface area (TPSA) is 30.5 Å². The Balaban J connectivity index is 2.45. The fourth-order valence-corrected chi connectivity index (χ4v) is 2.83. The average molecular weight is 277 g/mol. The lowest BCUT2D eigenvalue weighted by atomic mass is 9.88. The molecule has 1 N–H and O–H groups in total. The molecule has 0 aliphatic carbocycles. The largest absolute Gasteiger partial charge is 0.493 e. The first kappa shape index (κ1) is 15.2. The zero-order valence-corrected chi connectivity index (χ0v) is 13.4. The fraction of sp³-hybridized carbons (Fsp3) is 0.647. The van der Waals surface area contributed by atoms with Gasteiger partial charge in [-0.05, 0) is 44.9 Å². The number of ether oxygens (including phenoxy) is 2. The van der Waals surface area contributed by atoms with Gasteiger partial charge in [0.25, 0.3) is 0 Å². The van der Waals surface area contributed by atoms with Crippen LogP contribution < -0.4 is 14.8 Å². The highest BCUT2D eigenvalue weighted by Gasteiger charge is 2.35. The molecule has 1 heterocycles. The Labute approximate surface area is 122 Å². The van der Waals surface area contributed by atoms with Crippen molar-refractivity contribution in [1.82, 2.24) is 5.32 Å². The normalized spacial score (nSPS) is 20.1. The summed E-state index contributed by atoms with van der Waals surface area (Å²) in [5.41, 5.74) is 2.38. The summed E-state index contributed by atoms with van der Waals surface area (Å²) < 4.78 is 11.7. The second-order valence-corrected chi connectivity index (χ2v) is 6.14. The minimum atomic E-state index is -0.167. The van der Waals surface area contributed by atoms with Crippen LogP contribution in [0.2, 0.25) is 0 Å². The molecule has 0 radical (unpaired) electrons. The van der Waals surface area contributed by atoms with Crippen molar-refractivity contribution in [2.45, 2.75) is 58.6 Å². The third-order valence-electron chi connectivity index (χ3n) is 3.86. The first-order chi connectivity index (χ1) is 9.50. The molecule has 1 aliphatic rings. The summed E-state index contributed by atoms with van der Waals surface area (Å²) in [6, 6.07) is 4.70. The number of aryl methyl sites for hydroxylation is 1. The highest BCUT2D eigenvalue weighted by atomic mass is 16.5. The van der Waals surface area contributed by atoms with Crippen molar-refractivity contribution < 1.29 is 9.47 Å². The summed E-state index contributed by atoms with van der Waals surface area (Å²) in [5.74, 6) is 1.77. The zero-order chi connectivity index (χ0) is 14.8. The van der Waals surface area contributed by atoms with Crippen molar-refractivity contribution in [1.29, 1.82) is 0 Å². The van der Waals surface area contributed by atoms with Crippen LogP contribution in [-0.2, 0) is 6.42 Å². The Hall–Kier alpha value is -1.22. The lowest BCUT2D eigenvalue weighted by molar-refractivity contribution is 0.0623. The Morgan fingerprint density at radius 3 is 2.70 bits per heavy atom. The molecule has 0 saturated carbocycles. The summed E-state index contributed by atoms with van der Waals surface area (Å²) in [5, 5.41) is 3.65. The monoisotopic (exact) mass is 277 g/mol. The molecule has 1 atom stereocenters. The van der Waals surface area contributed by atoms with Crippen molar-refractivity contribution in [3.63, 3.8) is 0 Å². The molecule has 3 nitrogen and oxygen atoms in total. The summed E-state index contributed by atoms with van der Waals surface area (Å²) in [4.78, 5) is 0. The number of rotatable bonds is 5. The Morgan fingerprint density at radius 2 is 2.10 bits per heavy atom. The van der Waals surface area contributed by atoms with Crippen molar-refractivity contribution in [3.8, 4) is 11.5 Å². The van der Waals surface area contributed by atoms with E-state index in [1.807, 2.05) is 0 Å². The van der Waals surface area contributed by atoms with E-state index in [4.69, 9.17) is 9.47 Å². The van der Waals surface area contributed by atoms with Crippen LogP contribution in [0.5, 0.6) is 11.5 Å². The average Bonchev–Trinajstić information content (AvgIpc) is 2.42. The summed E-state index contributed by atoms with van der Waals surface area (Å²) in [6.07, 6.45) is 3.13. The number of benzene rings is 1. The van der Waals surface area contributed by atoms with Gasteiger partial charge in [0.15, 0.2) is 11.5 Å². The van der Waals surface area contributed by atoms with Gasteiger partial charge in [0.1, 0.15) is 5.60 Å². The summed E-state index contributed by atoms with van der Waals surface area (Å²) >= 11 is 0. The van der Waals surface area contributed by atoms with Crippen LogP contribution in [0.3, 0.4) is 0 Å². The van der Waals surface area contributed by atoms with Gasteiger partial charge in [0, 0.05) is 18.0 Å². The molecule has 0 fully saturated rings. The van der Waals surface area contributed by atoms with Gasteiger partial charge in [-0.3, -0.25) is 0 Å². The molecule has 3 heteroatoms. The van der Waals surface area contributed by atoms with Gasteiger partial charge in [0.2, 0.25) is 0 Å². The van der Waals surface area contributed by atoms with Gasteiger partial charge in [0.05, 0.1) is 7.11 Å². The molecule has 112 valence electrons. The molecule has 20 heavy (non-hydrogen) atoms. The Morgan fingerprint density at radius 1 is 1.35 bits per heavy atom. The standard InChI is InChI=1S/C17H27NO2/c1-6-8-18-14-11-17(3,4)20-16-13(14)9-12(7-2)10-15(16)19-5/h9-10,14,18H,6-8,11H2,1-5H3. The molecule has 1 unspecified atom stereocenters. The van der Waals surface area contributed by atoms with E-state index in [0.717, 1.165) is 37.3 Å². The van der Waals surface area contributed by atoms with Crippen LogP contribution in [0, 0.1) is 0 Å². The number of nitrogens with one attached hydrogen (secondary N) is 1. The van der Waals surface area contributed by atoms with Gasteiger partial charge in [-0.2, -0.15) is 0 Å². The number of hydrogen-bond acceptors (Lipinski definition) is 3. The summed E-state index contributed by atoms with van der Waals surface area (Å²) in [7, 11) is 1.72. The highest BCUT2D eigenvalue weighted by Crippen LogP contribution is 2.45. The quantitative estimate of drug-likeness (QED) is 0.886. The molecule has 1 aromatic carbocycles. The molecule has 1 aromatic rings. The molecule has 0 spiro atoms. The maximum Gasteiger partial charge on any atom is 0.166 e. The first-order valence-corrected chi connectivity index (χ1v) is 7.64. The van der Waals surface area contributed by atoms with Crippen molar-refractivity contribution >= 4 is 0 Å². The Kier molecular flexibility index (Phi) is 4.59. The van der Waals surface area contributed by atoms with E-state index in [9.17, 15) is 0 Å². The predicted molar refractivity (Wildman–Crippen MR) is 82.7 cm³/mol. The molecule has 1 aliphatic heterocycles. The van der Waals surface area contributed by atoms with E-state index < -0.39 is 0 Å². The van der Waals surface area contributed by atoms with E-state index >= 15 is 0 Å². The van der Waals surface area contributed by atoms with Crippen LogP contribution in [0.25, 0.3) is 0 Å². The van der Waals surface area contributed by atoms with E-state index in [2.05, 4.69) is 45.1 Å². The van der Waals surface area contributed by atoms with Gasteiger partial charge in [-0.15, -0.1) is 0 Å². The molecule has 0 bridgehead atoms. The van der Waals surface area contributed by atoms with Crippen LogP contribution in [0.1, 0.15) is 57.7 Å². The predicted octanol–water partition coefficient (Wildman–Crippen LogP) is 3.86. The molecule has 0 amide bonds. The second-order valence-electron chi connectivity index (χ2n) is 6.14. The minimum absolute atomic E-state index is 0.167. The molecule has 2 rings (SSSR count). The molecular weight excluding hydrogens is 250 g/mol. The van der Waals surface area contributed by atoms with Crippen molar-refractivity contribution in [3.05, 3.63) is 23.3 Å². The van der Waals surface area contributed by atoms with Crippen LogP contribution in [0.4, 0.5) is 0 Å². The van der Waals surface area contributed by atoms with E-state index in [-0.39, 0.29) is 5.60 Å². The number of methoxy groups -OCH3 is 1. The van der Waals surface area contributed by atoms with Gasteiger partial charge in [-0.1, -0.05) is 19.9 Å².